The van der Waals surface area contributed by atoms with Crippen LogP contribution in [-0.4, -0.2) is 0 Å². The fourth-order valence-electron chi connectivity index (χ4n) is 1.18. The SMILES string of the molecule is CCCc1ccc([C@H](N)CC)o1. The molecule has 0 bridgehead atoms. The standard InChI is InChI=1S/C10H17NO/c1-3-5-8-6-7-10(12-8)9(11)4-2/h6-7,9H,3-5,11H2,1-2H3/t9-/m1/s1. The van der Waals surface area contributed by atoms with Crippen LogP contribution >= 0.6 is 0 Å². The summed E-state index contributed by atoms with van der Waals surface area (Å²) in [7, 11) is 0. The molecule has 12 heavy (non-hydrogen) atoms. The third kappa shape index (κ3) is 2.11. The second-order valence-electron chi connectivity index (χ2n) is 3.07. The Hall–Kier alpha value is -0.760. The molecular formula is C10H17NO. The summed E-state index contributed by atoms with van der Waals surface area (Å²) in [5.41, 5.74) is 5.81. The molecule has 0 unspecified atom stereocenters. The molecule has 0 aliphatic heterocycles. The average molecular weight is 167 g/mol. The zero-order valence-electron chi connectivity index (χ0n) is 7.84. The maximum atomic E-state index is 5.81. The minimum Gasteiger partial charge on any atom is -0.464 e. The van der Waals surface area contributed by atoms with Crippen molar-refractivity contribution < 1.29 is 4.42 Å². The highest BCUT2D eigenvalue weighted by Crippen LogP contribution is 2.17. The molecule has 2 N–H and O–H groups in total. The van der Waals surface area contributed by atoms with Gasteiger partial charge in [-0.25, -0.2) is 0 Å². The van der Waals surface area contributed by atoms with Crippen LogP contribution in [0.1, 0.15) is 44.3 Å². The Balaban J connectivity index is 2.63. The molecule has 0 saturated heterocycles. The van der Waals surface area contributed by atoms with Crippen molar-refractivity contribution in [3.63, 3.8) is 0 Å². The van der Waals surface area contributed by atoms with Gasteiger partial charge in [0.05, 0.1) is 6.04 Å². The van der Waals surface area contributed by atoms with Gasteiger partial charge < -0.3 is 10.2 Å². The van der Waals surface area contributed by atoms with E-state index in [1.807, 2.05) is 12.1 Å². The molecule has 1 heterocycles. The Bertz CT molecular complexity index is 229. The Morgan fingerprint density at radius 1 is 1.42 bits per heavy atom. The quantitative estimate of drug-likeness (QED) is 0.748. The molecule has 0 aliphatic rings. The van der Waals surface area contributed by atoms with Crippen molar-refractivity contribution in [1.29, 1.82) is 0 Å². The molecule has 0 saturated carbocycles. The molecular weight excluding hydrogens is 150 g/mol. The van der Waals surface area contributed by atoms with E-state index < -0.39 is 0 Å². The van der Waals surface area contributed by atoms with Gasteiger partial charge in [-0.05, 0) is 25.0 Å². The first-order chi connectivity index (χ1) is 5.77. The molecule has 2 heteroatoms. The lowest BCUT2D eigenvalue weighted by Crippen LogP contribution is -2.06. The molecule has 0 radical (unpaired) electrons. The normalized spacial score (nSPS) is 13.2. The maximum Gasteiger partial charge on any atom is 0.120 e. The van der Waals surface area contributed by atoms with E-state index in [0.717, 1.165) is 30.8 Å². The third-order valence-corrected chi connectivity index (χ3v) is 1.98. The van der Waals surface area contributed by atoms with Crippen molar-refractivity contribution in [3.05, 3.63) is 23.7 Å². The van der Waals surface area contributed by atoms with Gasteiger partial charge in [-0.15, -0.1) is 0 Å². The first-order valence-corrected chi connectivity index (χ1v) is 4.62. The summed E-state index contributed by atoms with van der Waals surface area (Å²) in [5, 5.41) is 0. The highest BCUT2D eigenvalue weighted by molar-refractivity contribution is 5.10. The number of hydrogen-bond donors (Lipinski definition) is 1. The fourth-order valence-corrected chi connectivity index (χ4v) is 1.18. The van der Waals surface area contributed by atoms with Crippen molar-refractivity contribution in [3.8, 4) is 0 Å². The van der Waals surface area contributed by atoms with Crippen LogP contribution in [0.15, 0.2) is 16.5 Å². The van der Waals surface area contributed by atoms with Gasteiger partial charge in [-0.1, -0.05) is 13.8 Å². The molecule has 68 valence electrons. The van der Waals surface area contributed by atoms with Gasteiger partial charge in [0.15, 0.2) is 0 Å². The van der Waals surface area contributed by atoms with Gasteiger partial charge >= 0.3 is 0 Å². The van der Waals surface area contributed by atoms with Gasteiger partial charge in [-0.3, -0.25) is 0 Å². The largest absolute Gasteiger partial charge is 0.464 e. The van der Waals surface area contributed by atoms with E-state index in [1.54, 1.807) is 0 Å². The van der Waals surface area contributed by atoms with Crippen LogP contribution in [0.4, 0.5) is 0 Å². The molecule has 1 rings (SSSR count). The summed E-state index contributed by atoms with van der Waals surface area (Å²) < 4.78 is 5.55. The smallest absolute Gasteiger partial charge is 0.120 e. The van der Waals surface area contributed by atoms with Gasteiger partial charge in [-0.2, -0.15) is 0 Å². The van der Waals surface area contributed by atoms with E-state index in [4.69, 9.17) is 10.2 Å². The Morgan fingerprint density at radius 2 is 2.17 bits per heavy atom. The summed E-state index contributed by atoms with van der Waals surface area (Å²) in [6, 6.07) is 4.07. The molecule has 1 aromatic rings. The Labute approximate surface area is 73.8 Å². The van der Waals surface area contributed by atoms with Gasteiger partial charge in [0.1, 0.15) is 11.5 Å². The van der Waals surface area contributed by atoms with Crippen molar-refractivity contribution >= 4 is 0 Å². The van der Waals surface area contributed by atoms with E-state index in [1.165, 1.54) is 0 Å². The van der Waals surface area contributed by atoms with Crippen molar-refractivity contribution in [2.75, 3.05) is 0 Å². The minimum atomic E-state index is 0.0654. The first kappa shape index (κ1) is 9.33. The van der Waals surface area contributed by atoms with Crippen LogP contribution in [0.2, 0.25) is 0 Å². The predicted octanol–water partition coefficient (Wildman–Crippen LogP) is 2.64. The number of nitrogens with two attached hydrogens (primary N) is 1. The molecule has 0 aliphatic carbocycles. The molecule has 0 spiro atoms. The zero-order chi connectivity index (χ0) is 8.97. The number of rotatable bonds is 4. The topological polar surface area (TPSA) is 39.2 Å². The van der Waals surface area contributed by atoms with Crippen molar-refractivity contribution in [2.45, 2.75) is 39.2 Å². The van der Waals surface area contributed by atoms with Crippen LogP contribution in [0.3, 0.4) is 0 Å². The lowest BCUT2D eigenvalue weighted by Gasteiger charge is -2.03. The van der Waals surface area contributed by atoms with Crippen LogP contribution in [0, 0.1) is 0 Å². The van der Waals surface area contributed by atoms with Gasteiger partial charge in [0.2, 0.25) is 0 Å². The lowest BCUT2D eigenvalue weighted by molar-refractivity contribution is 0.426. The summed E-state index contributed by atoms with van der Waals surface area (Å²) >= 11 is 0. The summed E-state index contributed by atoms with van der Waals surface area (Å²) in [4.78, 5) is 0. The number of aryl methyl sites for hydroxylation is 1. The Morgan fingerprint density at radius 3 is 2.75 bits per heavy atom. The van der Waals surface area contributed by atoms with Gasteiger partial charge in [0, 0.05) is 6.42 Å². The summed E-state index contributed by atoms with van der Waals surface area (Å²) in [6.45, 7) is 4.20. The average Bonchev–Trinajstić information content (AvgIpc) is 2.52. The zero-order valence-corrected chi connectivity index (χ0v) is 7.84. The van der Waals surface area contributed by atoms with E-state index in [2.05, 4.69) is 13.8 Å². The van der Waals surface area contributed by atoms with E-state index in [9.17, 15) is 0 Å². The summed E-state index contributed by atoms with van der Waals surface area (Å²) in [5.74, 6) is 1.97. The maximum absolute atomic E-state index is 5.81. The molecule has 1 atom stereocenters. The van der Waals surface area contributed by atoms with Crippen LogP contribution in [0.25, 0.3) is 0 Å². The second-order valence-corrected chi connectivity index (χ2v) is 3.07. The summed E-state index contributed by atoms with van der Waals surface area (Å²) in [6.07, 6.45) is 3.06. The van der Waals surface area contributed by atoms with Gasteiger partial charge in [0.25, 0.3) is 0 Å². The molecule has 0 aromatic carbocycles. The molecule has 0 amide bonds. The monoisotopic (exact) mass is 167 g/mol. The van der Waals surface area contributed by atoms with E-state index in [0.29, 0.717) is 0 Å². The Kier molecular flexibility index (Phi) is 3.35. The van der Waals surface area contributed by atoms with Crippen molar-refractivity contribution in [1.82, 2.24) is 0 Å². The van der Waals surface area contributed by atoms with Crippen LogP contribution in [-0.2, 0) is 6.42 Å². The van der Waals surface area contributed by atoms with Crippen molar-refractivity contribution in [2.24, 2.45) is 5.73 Å². The number of hydrogen-bond acceptors (Lipinski definition) is 2. The molecule has 0 fully saturated rings. The predicted molar refractivity (Wildman–Crippen MR) is 49.9 cm³/mol. The van der Waals surface area contributed by atoms with Crippen LogP contribution in [0.5, 0.6) is 0 Å². The van der Waals surface area contributed by atoms with Crippen LogP contribution < -0.4 is 5.73 Å². The second kappa shape index (κ2) is 4.31. The first-order valence-electron chi connectivity index (χ1n) is 4.62. The highest BCUT2D eigenvalue weighted by atomic mass is 16.3. The van der Waals surface area contributed by atoms with E-state index in [-0.39, 0.29) is 6.04 Å². The minimum absolute atomic E-state index is 0.0654. The fraction of sp³-hybridized carbons (Fsp3) is 0.600. The highest BCUT2D eigenvalue weighted by Gasteiger charge is 2.07. The molecule has 2 nitrogen and oxygen atoms in total. The van der Waals surface area contributed by atoms with E-state index >= 15 is 0 Å². The number of furan rings is 1. The third-order valence-electron chi connectivity index (χ3n) is 1.98. The lowest BCUT2D eigenvalue weighted by atomic mass is 10.2. The molecule has 1 aromatic heterocycles.